The van der Waals surface area contributed by atoms with Crippen molar-refractivity contribution in [2.24, 2.45) is 5.92 Å². The van der Waals surface area contributed by atoms with Gasteiger partial charge in [0.05, 0.1) is 0 Å². The van der Waals surface area contributed by atoms with Crippen molar-refractivity contribution in [2.45, 2.75) is 33.1 Å². The van der Waals surface area contributed by atoms with Gasteiger partial charge in [-0.1, -0.05) is 18.2 Å². The smallest absolute Gasteiger partial charge is 0.0433 e. The van der Waals surface area contributed by atoms with Crippen LogP contribution in [0.25, 0.3) is 0 Å². The molecule has 0 radical (unpaired) electrons. The molecule has 1 aliphatic rings. The fourth-order valence-electron chi connectivity index (χ4n) is 2.93. The quantitative estimate of drug-likeness (QED) is 0.867. The summed E-state index contributed by atoms with van der Waals surface area (Å²) in [6.07, 6.45) is 3.41. The normalized spacial score (nSPS) is 17.5. The van der Waals surface area contributed by atoms with Crippen LogP contribution < -0.4 is 4.90 Å². The van der Waals surface area contributed by atoms with Gasteiger partial charge in [-0.25, -0.2) is 0 Å². The third-order valence-electron chi connectivity index (χ3n) is 3.91. The van der Waals surface area contributed by atoms with Gasteiger partial charge in [-0.15, -0.1) is 0 Å². The number of benzene rings is 1. The molecular formula is C15H23NO. The first-order valence-electron chi connectivity index (χ1n) is 6.64. The zero-order chi connectivity index (χ0) is 12.3. The number of anilines is 1. The maximum atomic E-state index is 8.98. The fraction of sp³-hybridized carbons (Fsp3) is 0.600. The summed E-state index contributed by atoms with van der Waals surface area (Å²) in [7, 11) is 0. The second kappa shape index (κ2) is 5.54. The molecule has 0 amide bonds. The highest BCUT2D eigenvalue weighted by Crippen LogP contribution is 2.29. The van der Waals surface area contributed by atoms with Crippen LogP contribution in [0.1, 0.15) is 30.4 Å². The number of aryl methyl sites for hydroxylation is 2. The molecule has 0 spiro atoms. The Labute approximate surface area is 104 Å². The van der Waals surface area contributed by atoms with Crippen LogP contribution in [-0.4, -0.2) is 24.8 Å². The van der Waals surface area contributed by atoms with E-state index >= 15 is 0 Å². The van der Waals surface area contributed by atoms with Crippen molar-refractivity contribution in [3.05, 3.63) is 29.3 Å². The third-order valence-corrected chi connectivity index (χ3v) is 3.91. The molecule has 1 heterocycles. The molecule has 2 rings (SSSR count). The Morgan fingerprint density at radius 1 is 1.18 bits per heavy atom. The maximum absolute atomic E-state index is 8.98. The van der Waals surface area contributed by atoms with Gasteiger partial charge >= 0.3 is 0 Å². The van der Waals surface area contributed by atoms with Gasteiger partial charge in [0, 0.05) is 25.4 Å². The first-order chi connectivity index (χ1) is 8.22. The number of hydrogen-bond donors (Lipinski definition) is 1. The van der Waals surface area contributed by atoms with Crippen LogP contribution in [0.2, 0.25) is 0 Å². The van der Waals surface area contributed by atoms with Crippen LogP contribution in [0.15, 0.2) is 18.2 Å². The fourth-order valence-corrected chi connectivity index (χ4v) is 2.93. The minimum absolute atomic E-state index is 0.341. The van der Waals surface area contributed by atoms with Crippen molar-refractivity contribution in [3.8, 4) is 0 Å². The highest BCUT2D eigenvalue weighted by molar-refractivity contribution is 5.59. The first kappa shape index (κ1) is 12.4. The Bertz CT molecular complexity index is 347. The largest absolute Gasteiger partial charge is 0.396 e. The lowest BCUT2D eigenvalue weighted by Crippen LogP contribution is -2.34. The summed E-state index contributed by atoms with van der Waals surface area (Å²) in [4.78, 5) is 2.51. The van der Waals surface area contributed by atoms with Crippen LogP contribution in [0, 0.1) is 19.8 Å². The van der Waals surface area contributed by atoms with Crippen molar-refractivity contribution in [3.63, 3.8) is 0 Å². The molecule has 0 bridgehead atoms. The lowest BCUT2D eigenvalue weighted by molar-refractivity contribution is 0.240. The molecule has 1 saturated heterocycles. The number of aliphatic hydroxyl groups excluding tert-OH is 1. The van der Waals surface area contributed by atoms with Gasteiger partial charge in [-0.3, -0.25) is 0 Å². The summed E-state index contributed by atoms with van der Waals surface area (Å²) in [6.45, 7) is 7.01. The highest BCUT2D eigenvalue weighted by Gasteiger charge is 2.20. The Morgan fingerprint density at radius 3 is 2.29 bits per heavy atom. The molecule has 1 aromatic carbocycles. The highest BCUT2D eigenvalue weighted by atomic mass is 16.3. The van der Waals surface area contributed by atoms with Gasteiger partial charge in [-0.2, -0.15) is 0 Å². The minimum atomic E-state index is 0.341. The molecule has 1 fully saturated rings. The molecule has 0 atom stereocenters. The van der Waals surface area contributed by atoms with E-state index in [9.17, 15) is 0 Å². The first-order valence-corrected chi connectivity index (χ1v) is 6.64. The van der Waals surface area contributed by atoms with Crippen LogP contribution in [-0.2, 0) is 0 Å². The number of aliphatic hydroxyl groups is 1. The molecule has 1 aromatic rings. The lowest BCUT2D eigenvalue weighted by Gasteiger charge is -2.35. The third kappa shape index (κ3) is 2.81. The van der Waals surface area contributed by atoms with Crippen molar-refractivity contribution < 1.29 is 5.11 Å². The van der Waals surface area contributed by atoms with E-state index in [0.29, 0.717) is 6.61 Å². The summed E-state index contributed by atoms with van der Waals surface area (Å²) >= 11 is 0. The lowest BCUT2D eigenvalue weighted by atomic mass is 9.93. The van der Waals surface area contributed by atoms with E-state index in [2.05, 4.69) is 36.9 Å². The monoisotopic (exact) mass is 233 g/mol. The molecule has 1 aliphatic heterocycles. The van der Waals surface area contributed by atoms with E-state index in [1.165, 1.54) is 29.7 Å². The number of piperidine rings is 1. The van der Waals surface area contributed by atoms with Crippen LogP contribution in [0.4, 0.5) is 5.69 Å². The van der Waals surface area contributed by atoms with Gasteiger partial charge < -0.3 is 10.0 Å². The number of para-hydroxylation sites is 1. The SMILES string of the molecule is Cc1cccc(C)c1N1CCC(CCO)CC1. The topological polar surface area (TPSA) is 23.5 Å². The molecule has 17 heavy (non-hydrogen) atoms. The van der Waals surface area contributed by atoms with Crippen LogP contribution in [0.5, 0.6) is 0 Å². The van der Waals surface area contributed by atoms with Gasteiger partial charge in [0.2, 0.25) is 0 Å². The zero-order valence-corrected chi connectivity index (χ0v) is 10.9. The van der Waals surface area contributed by atoms with Gasteiger partial charge in [0.25, 0.3) is 0 Å². The van der Waals surface area contributed by atoms with E-state index in [1.54, 1.807) is 0 Å². The Hall–Kier alpha value is -1.02. The molecule has 1 N–H and O–H groups in total. The van der Waals surface area contributed by atoms with Crippen LogP contribution >= 0.6 is 0 Å². The predicted octanol–water partition coefficient (Wildman–Crippen LogP) is 2.90. The van der Waals surface area contributed by atoms with Gasteiger partial charge in [0.1, 0.15) is 0 Å². The van der Waals surface area contributed by atoms with E-state index in [4.69, 9.17) is 5.11 Å². The molecule has 0 aliphatic carbocycles. The van der Waals surface area contributed by atoms with Gasteiger partial charge in [0.15, 0.2) is 0 Å². The molecule has 0 unspecified atom stereocenters. The average Bonchev–Trinajstić information content (AvgIpc) is 2.31. The second-order valence-corrected chi connectivity index (χ2v) is 5.18. The average molecular weight is 233 g/mol. The molecule has 0 aromatic heterocycles. The Kier molecular flexibility index (Phi) is 4.06. The van der Waals surface area contributed by atoms with Crippen molar-refractivity contribution in [2.75, 3.05) is 24.6 Å². The molecule has 2 heteroatoms. The number of rotatable bonds is 3. The van der Waals surface area contributed by atoms with E-state index in [1.807, 2.05) is 0 Å². The minimum Gasteiger partial charge on any atom is -0.396 e. The predicted molar refractivity (Wildman–Crippen MR) is 72.6 cm³/mol. The number of hydrogen-bond acceptors (Lipinski definition) is 2. The Balaban J connectivity index is 2.05. The van der Waals surface area contributed by atoms with E-state index < -0.39 is 0 Å². The van der Waals surface area contributed by atoms with Crippen molar-refractivity contribution in [1.82, 2.24) is 0 Å². The van der Waals surface area contributed by atoms with Crippen LogP contribution in [0.3, 0.4) is 0 Å². The van der Waals surface area contributed by atoms with Gasteiger partial charge in [-0.05, 0) is 50.2 Å². The maximum Gasteiger partial charge on any atom is 0.0433 e. The summed E-state index contributed by atoms with van der Waals surface area (Å²) in [5.41, 5.74) is 4.19. The zero-order valence-electron chi connectivity index (χ0n) is 10.9. The molecule has 94 valence electrons. The molecule has 0 saturated carbocycles. The summed E-state index contributed by atoms with van der Waals surface area (Å²) in [6, 6.07) is 6.52. The standard InChI is InChI=1S/C15H23NO/c1-12-4-3-5-13(2)15(12)16-9-6-14(7-10-16)8-11-17/h3-5,14,17H,6-11H2,1-2H3. The molecule has 2 nitrogen and oxygen atoms in total. The second-order valence-electron chi connectivity index (χ2n) is 5.18. The van der Waals surface area contributed by atoms with Crippen molar-refractivity contribution >= 4 is 5.69 Å². The summed E-state index contributed by atoms with van der Waals surface area (Å²) in [5, 5.41) is 8.98. The molecular weight excluding hydrogens is 210 g/mol. The summed E-state index contributed by atoms with van der Waals surface area (Å²) in [5.74, 6) is 0.723. The van der Waals surface area contributed by atoms with Crippen molar-refractivity contribution in [1.29, 1.82) is 0 Å². The Morgan fingerprint density at radius 2 is 1.76 bits per heavy atom. The summed E-state index contributed by atoms with van der Waals surface area (Å²) < 4.78 is 0. The van der Waals surface area contributed by atoms with E-state index in [-0.39, 0.29) is 0 Å². The number of nitrogens with zero attached hydrogens (tertiary/aromatic N) is 1. The van der Waals surface area contributed by atoms with E-state index in [0.717, 1.165) is 25.4 Å².